The predicted octanol–water partition coefficient (Wildman–Crippen LogP) is 3.31. The van der Waals surface area contributed by atoms with Gasteiger partial charge in [0.05, 0.1) is 15.0 Å². The molecule has 1 rings (SSSR count). The first kappa shape index (κ1) is 14.8. The van der Waals surface area contributed by atoms with Crippen LogP contribution < -0.4 is 0 Å². The van der Waals surface area contributed by atoms with Crippen LogP contribution in [0.3, 0.4) is 0 Å². The van der Waals surface area contributed by atoms with Crippen LogP contribution in [0.2, 0.25) is 5.15 Å². The summed E-state index contributed by atoms with van der Waals surface area (Å²) in [6.07, 6.45) is -0.160. The Hall–Kier alpha value is -1.26. The van der Waals surface area contributed by atoms with Crippen molar-refractivity contribution in [1.82, 2.24) is 4.98 Å². The summed E-state index contributed by atoms with van der Waals surface area (Å²) in [6.45, 7) is 1.46. The van der Waals surface area contributed by atoms with Gasteiger partial charge in [0, 0.05) is 6.26 Å². The minimum absolute atomic E-state index is 0.0684. The molecule has 0 amide bonds. The van der Waals surface area contributed by atoms with Gasteiger partial charge in [0.25, 0.3) is 6.43 Å². The molecule has 1 aromatic heterocycles. The molecule has 18 heavy (non-hydrogen) atoms. The first-order valence-electron chi connectivity index (χ1n) is 4.83. The highest BCUT2D eigenvalue weighted by molar-refractivity contribution is 7.93. The fourth-order valence-electron chi connectivity index (χ4n) is 1.38. The number of halogens is 3. The van der Waals surface area contributed by atoms with Gasteiger partial charge >= 0.3 is 0 Å². The van der Waals surface area contributed by atoms with E-state index in [-0.39, 0.29) is 10.7 Å². The van der Waals surface area contributed by atoms with Crippen LogP contribution in [0.25, 0.3) is 0 Å². The van der Waals surface area contributed by atoms with Crippen molar-refractivity contribution in [3.63, 3.8) is 0 Å². The summed E-state index contributed by atoms with van der Waals surface area (Å²) >= 11 is 5.55. The lowest BCUT2D eigenvalue weighted by molar-refractivity contribution is 0.145. The van der Waals surface area contributed by atoms with E-state index < -0.39 is 27.1 Å². The third-order valence-electron chi connectivity index (χ3n) is 2.45. The van der Waals surface area contributed by atoms with Gasteiger partial charge in [-0.3, -0.25) is 0 Å². The van der Waals surface area contributed by atoms with E-state index >= 15 is 0 Å². The van der Waals surface area contributed by atoms with Crippen molar-refractivity contribution < 1.29 is 13.0 Å². The molecule has 4 nitrogen and oxygen atoms in total. The van der Waals surface area contributed by atoms with Crippen molar-refractivity contribution in [2.75, 3.05) is 6.26 Å². The van der Waals surface area contributed by atoms with Crippen LogP contribution in [0, 0.1) is 11.5 Å². The second kappa shape index (κ2) is 5.59. The molecule has 0 aliphatic heterocycles. The molecule has 0 saturated carbocycles. The monoisotopic (exact) mass is 293 g/mol. The standard InChI is InChI=1S/C10H10ClF2N3OS/c1-6(18(2,17)15-5-14)7-3-4-8(11)16-9(7)10(12)13/h3-4,6,10H,1-2H3. The molecule has 98 valence electrons. The summed E-state index contributed by atoms with van der Waals surface area (Å²) < 4.78 is 41.0. The molecule has 0 radical (unpaired) electrons. The van der Waals surface area contributed by atoms with Crippen LogP contribution in [0.5, 0.6) is 0 Å². The minimum Gasteiger partial charge on any atom is -0.248 e. The average molecular weight is 294 g/mol. The molecule has 0 N–H and O–H groups in total. The fraction of sp³-hybridized carbons (Fsp3) is 0.400. The molecule has 0 aromatic carbocycles. The first-order valence-corrected chi connectivity index (χ1v) is 7.19. The highest BCUT2D eigenvalue weighted by Gasteiger charge is 2.24. The molecule has 2 atom stereocenters. The minimum atomic E-state index is -2.93. The van der Waals surface area contributed by atoms with Crippen molar-refractivity contribution in [1.29, 1.82) is 5.26 Å². The van der Waals surface area contributed by atoms with E-state index in [9.17, 15) is 13.0 Å². The number of aromatic nitrogens is 1. The third-order valence-corrected chi connectivity index (χ3v) is 4.67. The largest absolute Gasteiger partial charge is 0.280 e. The number of rotatable bonds is 3. The van der Waals surface area contributed by atoms with Crippen molar-refractivity contribution in [2.45, 2.75) is 18.6 Å². The van der Waals surface area contributed by atoms with Crippen molar-refractivity contribution in [3.8, 4) is 6.19 Å². The maximum absolute atomic E-state index is 12.8. The summed E-state index contributed by atoms with van der Waals surface area (Å²) in [7, 11) is -2.93. The van der Waals surface area contributed by atoms with Gasteiger partial charge in [-0.2, -0.15) is 5.26 Å². The normalized spacial score (nSPS) is 15.8. The van der Waals surface area contributed by atoms with Gasteiger partial charge < -0.3 is 0 Å². The Kier molecular flexibility index (Phi) is 4.59. The van der Waals surface area contributed by atoms with E-state index in [2.05, 4.69) is 9.35 Å². The lowest BCUT2D eigenvalue weighted by Crippen LogP contribution is -2.11. The van der Waals surface area contributed by atoms with Gasteiger partial charge in [-0.15, -0.1) is 4.36 Å². The highest BCUT2D eigenvalue weighted by atomic mass is 35.5. The van der Waals surface area contributed by atoms with E-state index in [1.54, 1.807) is 0 Å². The van der Waals surface area contributed by atoms with E-state index in [0.29, 0.717) is 0 Å². The van der Waals surface area contributed by atoms with E-state index in [0.717, 1.165) is 0 Å². The zero-order valence-corrected chi connectivity index (χ0v) is 11.2. The van der Waals surface area contributed by atoms with Gasteiger partial charge in [0.2, 0.25) is 6.19 Å². The Morgan fingerprint density at radius 2 is 2.17 bits per heavy atom. The summed E-state index contributed by atoms with van der Waals surface area (Å²) in [6, 6.07) is 2.67. The maximum Gasteiger partial charge on any atom is 0.280 e. The SMILES string of the molecule is CC(c1ccc(Cl)nc1C(F)F)S(C)(=O)=NC#N. The molecule has 0 aliphatic carbocycles. The molecule has 1 aromatic rings. The molecule has 0 spiro atoms. The topological polar surface area (TPSA) is 66.1 Å². The zero-order valence-electron chi connectivity index (χ0n) is 9.60. The molecule has 8 heteroatoms. The highest BCUT2D eigenvalue weighted by Crippen LogP contribution is 2.31. The quantitative estimate of drug-likeness (QED) is 0.634. The van der Waals surface area contributed by atoms with Crippen LogP contribution in [0.1, 0.15) is 29.9 Å². The molecule has 0 aliphatic rings. The molecule has 2 unspecified atom stereocenters. The van der Waals surface area contributed by atoms with Gasteiger partial charge in [-0.1, -0.05) is 17.7 Å². The summed E-state index contributed by atoms with van der Waals surface area (Å²) in [4.78, 5) is 3.53. The van der Waals surface area contributed by atoms with Gasteiger partial charge in [0.15, 0.2) is 0 Å². The van der Waals surface area contributed by atoms with Gasteiger partial charge in [-0.25, -0.2) is 18.0 Å². The van der Waals surface area contributed by atoms with Crippen molar-refractivity contribution >= 4 is 21.3 Å². The fourth-order valence-corrected chi connectivity index (χ4v) is 2.52. The molecular weight excluding hydrogens is 284 g/mol. The predicted molar refractivity (Wildman–Crippen MR) is 64.7 cm³/mol. The van der Waals surface area contributed by atoms with Crippen LogP contribution in [-0.4, -0.2) is 15.4 Å². The summed E-state index contributed by atoms with van der Waals surface area (Å²) in [5.41, 5.74) is -0.446. The van der Waals surface area contributed by atoms with E-state index in [4.69, 9.17) is 16.9 Å². The molecule has 0 bridgehead atoms. The first-order chi connectivity index (χ1) is 8.29. The molecule has 0 fully saturated rings. The smallest absolute Gasteiger partial charge is 0.248 e. The van der Waals surface area contributed by atoms with Crippen LogP contribution >= 0.6 is 11.6 Å². The number of hydrogen-bond donors (Lipinski definition) is 0. The number of hydrogen-bond acceptors (Lipinski definition) is 4. The van der Waals surface area contributed by atoms with Crippen LogP contribution in [0.15, 0.2) is 16.5 Å². The second-order valence-corrected chi connectivity index (χ2v) is 6.60. The third kappa shape index (κ3) is 3.15. The Balaban J connectivity index is 3.40. The lowest BCUT2D eigenvalue weighted by Gasteiger charge is -2.16. The van der Waals surface area contributed by atoms with E-state index in [1.165, 1.54) is 31.5 Å². The Morgan fingerprint density at radius 1 is 1.56 bits per heavy atom. The average Bonchev–Trinajstić information content (AvgIpc) is 2.27. The van der Waals surface area contributed by atoms with E-state index in [1.807, 2.05) is 0 Å². The number of nitrogens with zero attached hydrogens (tertiary/aromatic N) is 3. The maximum atomic E-state index is 12.8. The van der Waals surface area contributed by atoms with Gasteiger partial charge in [-0.05, 0) is 18.6 Å². The van der Waals surface area contributed by atoms with Crippen LogP contribution in [-0.2, 0) is 9.73 Å². The van der Waals surface area contributed by atoms with Crippen molar-refractivity contribution in [3.05, 3.63) is 28.5 Å². The Labute approximate surface area is 109 Å². The zero-order chi connectivity index (χ0) is 13.9. The summed E-state index contributed by atoms with van der Waals surface area (Å²) in [5, 5.41) is 7.53. The van der Waals surface area contributed by atoms with Crippen LogP contribution in [0.4, 0.5) is 8.78 Å². The summed E-state index contributed by atoms with van der Waals surface area (Å²) in [5.74, 6) is 0. The molecule has 1 heterocycles. The number of nitriles is 1. The second-order valence-electron chi connectivity index (χ2n) is 3.60. The molecular formula is C10H10ClF2N3OS. The van der Waals surface area contributed by atoms with Crippen molar-refractivity contribution in [2.24, 2.45) is 4.36 Å². The lowest BCUT2D eigenvalue weighted by atomic mass is 10.1. The Morgan fingerprint density at radius 3 is 2.67 bits per heavy atom. The number of pyridine rings is 1. The Bertz CT molecular complexity index is 606. The number of alkyl halides is 2. The molecule has 0 saturated heterocycles. The van der Waals surface area contributed by atoms with Gasteiger partial charge in [0.1, 0.15) is 10.8 Å².